The first-order valence-corrected chi connectivity index (χ1v) is 32.5. The standard InChI is InChI=1S/2C29H29F3N6O3S2.ClH/c2*1-37(27-22-12-20(13-29(30,31)32)42-28(22)35-16-34-27)25-10-19(11-26(25)39)33-14-17-6-8-18(9-7-17)21-4-3-5-24-23(21)15-36-38(24)43(2,40)41;/h2*3-9,12,15-16,19,25-26,33,39H,10-11,13-14H2,1-2H3;1H/t2*19-,25+,26-;/m11./s1. The van der Waals surface area contributed by atoms with Crippen molar-refractivity contribution in [3.05, 3.63) is 143 Å². The molecule has 6 heterocycles. The van der Waals surface area contributed by atoms with Crippen LogP contribution in [0, 0.1) is 0 Å². The number of hydrogen-bond acceptors (Lipinski definition) is 18. The Labute approximate surface area is 510 Å². The Morgan fingerprint density at radius 1 is 0.563 bits per heavy atom. The van der Waals surface area contributed by atoms with Gasteiger partial charge in [-0.2, -0.15) is 44.7 Å². The number of rotatable bonds is 16. The van der Waals surface area contributed by atoms with Crippen molar-refractivity contribution < 1.29 is 53.4 Å². The second kappa shape index (κ2) is 24.9. The van der Waals surface area contributed by atoms with Gasteiger partial charge in [0, 0.05) is 59.8 Å². The van der Waals surface area contributed by atoms with Crippen molar-refractivity contribution in [2.24, 2.45) is 0 Å². The molecular weight excluding hydrogens is 1240 g/mol. The van der Waals surface area contributed by atoms with Crippen molar-refractivity contribution in [1.29, 1.82) is 0 Å². The maximum atomic E-state index is 13.0. The second-order valence-corrected chi connectivity index (χ2v) is 27.7. The largest absolute Gasteiger partial charge is 0.393 e. The van der Waals surface area contributed by atoms with E-state index in [0.717, 1.165) is 87.5 Å². The number of fused-ring (bicyclic) bond motifs is 4. The topological polar surface area (TPSA) is 226 Å². The van der Waals surface area contributed by atoms with Crippen LogP contribution in [0.2, 0.25) is 0 Å². The van der Waals surface area contributed by atoms with E-state index in [1.165, 1.54) is 24.8 Å². The minimum absolute atomic E-state index is 0. The summed E-state index contributed by atoms with van der Waals surface area (Å²) in [5.74, 6) is 1.01. The van der Waals surface area contributed by atoms with Gasteiger partial charge >= 0.3 is 12.4 Å². The molecule has 6 aromatic heterocycles. The number of hydrogen-bond donors (Lipinski definition) is 4. The fourth-order valence-electron chi connectivity index (χ4n) is 11.6. The molecule has 0 bridgehead atoms. The molecule has 2 aliphatic carbocycles. The van der Waals surface area contributed by atoms with Gasteiger partial charge in [-0.25, -0.2) is 36.8 Å². The van der Waals surface area contributed by atoms with Gasteiger partial charge in [0.15, 0.2) is 0 Å². The van der Waals surface area contributed by atoms with Crippen LogP contribution in [-0.4, -0.2) is 141 Å². The molecule has 2 fully saturated rings. The number of aliphatic hydroxyl groups is 2. The summed E-state index contributed by atoms with van der Waals surface area (Å²) in [7, 11) is -3.43. The normalized spacial score (nSPS) is 19.2. The summed E-state index contributed by atoms with van der Waals surface area (Å²) in [5.41, 5.74) is 6.76. The third-order valence-electron chi connectivity index (χ3n) is 15.6. The van der Waals surface area contributed by atoms with E-state index in [1.807, 2.05) is 82.6 Å². The maximum absolute atomic E-state index is 13.0. The van der Waals surface area contributed by atoms with E-state index in [0.29, 0.717) is 81.9 Å². The van der Waals surface area contributed by atoms with Gasteiger partial charge in [-0.05, 0) is 83.3 Å². The van der Waals surface area contributed by atoms with Crippen LogP contribution in [0.25, 0.3) is 64.5 Å². The molecule has 4 N–H and O–H groups in total. The number of benzene rings is 4. The molecule has 0 unspecified atom stereocenters. The second-order valence-electron chi connectivity index (χ2n) is 21.8. The molecule has 18 nitrogen and oxygen atoms in total. The monoisotopic (exact) mass is 1300 g/mol. The Morgan fingerprint density at radius 2 is 0.943 bits per heavy atom. The van der Waals surface area contributed by atoms with Crippen LogP contribution in [0.4, 0.5) is 38.0 Å². The number of nitrogens with one attached hydrogen (secondary N) is 2. The van der Waals surface area contributed by atoms with Crippen LogP contribution in [0.1, 0.15) is 46.6 Å². The van der Waals surface area contributed by atoms with Crippen LogP contribution < -0.4 is 20.4 Å². The zero-order valence-corrected chi connectivity index (χ0v) is 51.1. The molecule has 0 spiro atoms. The zero-order valence-electron chi connectivity index (χ0n) is 47.0. The van der Waals surface area contributed by atoms with Crippen molar-refractivity contribution in [1.82, 2.24) is 48.9 Å². The predicted molar refractivity (Wildman–Crippen MR) is 329 cm³/mol. The van der Waals surface area contributed by atoms with Crippen LogP contribution in [0.15, 0.2) is 122 Å². The summed E-state index contributed by atoms with van der Waals surface area (Å²) in [5, 5.41) is 39.6. The molecule has 0 amide bonds. The summed E-state index contributed by atoms with van der Waals surface area (Å²) in [6, 6.07) is 29.4. The Morgan fingerprint density at radius 3 is 1.30 bits per heavy atom. The molecule has 2 aliphatic rings. The smallest absolute Gasteiger partial charge is 0.391 e. The highest BCUT2D eigenvalue weighted by molar-refractivity contribution is 7.89. The van der Waals surface area contributed by atoms with Crippen molar-refractivity contribution >= 4 is 109 Å². The maximum Gasteiger partial charge on any atom is 0.393 e. The van der Waals surface area contributed by atoms with E-state index >= 15 is 0 Å². The molecule has 0 radical (unpaired) electrons. The molecule has 10 aromatic rings. The number of anilines is 2. The van der Waals surface area contributed by atoms with Gasteiger partial charge in [-0.3, -0.25) is 0 Å². The van der Waals surface area contributed by atoms with E-state index in [2.05, 4.69) is 40.8 Å². The van der Waals surface area contributed by atoms with Crippen molar-refractivity contribution in [3.63, 3.8) is 0 Å². The fourth-order valence-corrected chi connectivity index (χ4v) is 15.1. The Hall–Kier alpha value is -6.89. The third kappa shape index (κ3) is 14.0. The molecule has 0 saturated heterocycles. The number of nitrogens with zero attached hydrogens (tertiary/aromatic N) is 10. The summed E-state index contributed by atoms with van der Waals surface area (Å²) in [6.07, 6.45) is -1.55. The first-order valence-electron chi connectivity index (χ1n) is 27.2. The lowest BCUT2D eigenvalue weighted by molar-refractivity contribution is -0.127. The van der Waals surface area contributed by atoms with E-state index in [-0.39, 0.29) is 46.3 Å². The molecule has 29 heteroatoms. The van der Waals surface area contributed by atoms with Crippen molar-refractivity contribution in [2.45, 2.75) is 100 Å². The van der Waals surface area contributed by atoms with Crippen molar-refractivity contribution in [2.75, 3.05) is 36.4 Å². The third-order valence-corrected chi connectivity index (χ3v) is 19.6. The fraction of sp³-hybridized carbons (Fsp3) is 0.345. The predicted octanol–water partition coefficient (Wildman–Crippen LogP) is 9.90. The summed E-state index contributed by atoms with van der Waals surface area (Å²) in [6.45, 7) is 1.15. The van der Waals surface area contributed by atoms with Crippen LogP contribution >= 0.6 is 35.1 Å². The van der Waals surface area contributed by atoms with Crippen LogP contribution in [-0.2, 0) is 46.0 Å². The summed E-state index contributed by atoms with van der Waals surface area (Å²) < 4.78 is 128. The zero-order chi connectivity index (χ0) is 61.0. The highest BCUT2D eigenvalue weighted by Gasteiger charge is 2.39. The Balaban J connectivity index is 0.000000190. The van der Waals surface area contributed by atoms with E-state index in [4.69, 9.17) is 0 Å². The molecule has 87 heavy (non-hydrogen) atoms. The number of alkyl halides is 6. The molecular formula is C58H59ClF6N12O6S4. The van der Waals surface area contributed by atoms with Crippen LogP contribution in [0.5, 0.6) is 0 Å². The van der Waals surface area contributed by atoms with E-state index in [1.54, 1.807) is 38.6 Å². The average Bonchev–Trinajstić information content (AvgIpc) is 1.91. The van der Waals surface area contributed by atoms with Gasteiger partial charge in [0.05, 0.1) is 83.8 Å². The SMILES string of the molecule is CN(c1ncnc2sc(CC(F)(F)F)cc12)[C@H]1C[C@@H](NCc2ccc(-c3cccc4c3cnn4S(C)(=O)=O)cc2)C[C@H]1O.CN(c1ncnc2sc(CC(F)(F)F)cc12)[C@H]1C[C@@H](NCc2ccc(-c3cccc4c3cnn4S(C)(=O)=O)cc2)C[C@H]1O.Cl. The lowest BCUT2D eigenvalue weighted by Crippen LogP contribution is -2.38. The molecule has 4 aromatic carbocycles. The molecule has 12 rings (SSSR count). The number of thiophene rings is 2. The van der Waals surface area contributed by atoms with Gasteiger partial charge < -0.3 is 30.6 Å². The molecule has 2 saturated carbocycles. The van der Waals surface area contributed by atoms with Crippen LogP contribution in [0.3, 0.4) is 0 Å². The van der Waals surface area contributed by atoms with E-state index < -0.39 is 57.4 Å². The number of likely N-dealkylation sites (N-methyl/N-ethyl adjacent to an activating group) is 2. The highest BCUT2D eigenvalue weighted by atomic mass is 35.5. The minimum atomic E-state index is -4.31. The van der Waals surface area contributed by atoms with Gasteiger partial charge in [-0.1, -0.05) is 72.8 Å². The Bertz CT molecular complexity index is 4060. The van der Waals surface area contributed by atoms with Gasteiger partial charge in [0.2, 0.25) is 0 Å². The highest BCUT2D eigenvalue weighted by Crippen LogP contribution is 2.39. The summed E-state index contributed by atoms with van der Waals surface area (Å²) >= 11 is 2.01. The van der Waals surface area contributed by atoms with Crippen molar-refractivity contribution in [3.8, 4) is 22.3 Å². The summed E-state index contributed by atoms with van der Waals surface area (Å²) in [4.78, 5) is 22.1. The number of aliphatic hydroxyl groups excluding tert-OH is 2. The number of aromatic nitrogens is 8. The first-order chi connectivity index (χ1) is 40.7. The lowest BCUT2D eigenvalue weighted by Gasteiger charge is -2.28. The molecule has 460 valence electrons. The quantitative estimate of drug-likeness (QED) is 0.0660. The first kappa shape index (κ1) is 63.1. The Kier molecular flexibility index (Phi) is 18.1. The lowest BCUT2D eigenvalue weighted by atomic mass is 10.0. The minimum Gasteiger partial charge on any atom is -0.391 e. The average molecular weight is 1300 g/mol. The number of halogens is 7. The van der Waals surface area contributed by atoms with E-state index in [9.17, 15) is 53.4 Å². The van der Waals surface area contributed by atoms with Gasteiger partial charge in [-0.15, -0.1) is 35.1 Å². The molecule has 6 atom stereocenters. The van der Waals surface area contributed by atoms with Gasteiger partial charge in [0.25, 0.3) is 20.0 Å². The molecule has 0 aliphatic heterocycles. The van der Waals surface area contributed by atoms with Gasteiger partial charge in [0.1, 0.15) is 34.0 Å².